The molecule has 2 nitrogen and oxygen atoms in total. The Hall–Kier alpha value is -2.27. The molecule has 0 aliphatic heterocycles. The molecule has 2 aromatic rings. The lowest BCUT2D eigenvalue weighted by Gasteiger charge is -2.25. The molecule has 0 N–H and O–H groups in total. The van der Waals surface area contributed by atoms with Gasteiger partial charge in [-0.2, -0.15) is 5.26 Å². The first-order valence-electron chi connectivity index (χ1n) is 7.53. The van der Waals surface area contributed by atoms with E-state index in [1.54, 1.807) is 0 Å². The number of aryl methyl sites for hydroxylation is 1. The lowest BCUT2D eigenvalue weighted by atomic mass is 10.1. The molecule has 0 saturated carbocycles. The van der Waals surface area contributed by atoms with E-state index in [-0.39, 0.29) is 0 Å². The van der Waals surface area contributed by atoms with Crippen molar-refractivity contribution in [3.05, 3.63) is 65.2 Å². The van der Waals surface area contributed by atoms with Crippen LogP contribution in [0.3, 0.4) is 0 Å². The van der Waals surface area contributed by atoms with Crippen molar-refractivity contribution in [2.24, 2.45) is 0 Å². The number of hydrogen-bond donors (Lipinski definition) is 0. The lowest BCUT2D eigenvalue weighted by molar-refractivity contribution is 0.716. The van der Waals surface area contributed by atoms with Crippen molar-refractivity contribution in [1.82, 2.24) is 0 Å². The Labute approximate surface area is 127 Å². The van der Waals surface area contributed by atoms with Gasteiger partial charge in [0.15, 0.2) is 0 Å². The molecule has 0 atom stereocenters. The van der Waals surface area contributed by atoms with Crippen LogP contribution in [0.2, 0.25) is 0 Å². The fraction of sp³-hybridized carbons (Fsp3) is 0.316. The quantitative estimate of drug-likeness (QED) is 0.767. The maximum absolute atomic E-state index is 8.87. The number of benzene rings is 2. The van der Waals surface area contributed by atoms with Crippen molar-refractivity contribution in [2.45, 2.75) is 33.2 Å². The third kappa shape index (κ3) is 4.36. The van der Waals surface area contributed by atoms with Crippen LogP contribution in [-0.2, 0) is 6.54 Å². The van der Waals surface area contributed by atoms with Gasteiger partial charge in [-0.3, -0.25) is 0 Å². The molecule has 0 spiro atoms. The molecule has 0 saturated heterocycles. The Kier molecular flexibility index (Phi) is 5.40. The van der Waals surface area contributed by atoms with Crippen molar-refractivity contribution in [3.8, 4) is 6.07 Å². The summed E-state index contributed by atoms with van der Waals surface area (Å²) in [6.07, 6.45) is 2.37. The van der Waals surface area contributed by atoms with Gasteiger partial charge in [0.2, 0.25) is 0 Å². The lowest BCUT2D eigenvalue weighted by Crippen LogP contribution is -2.23. The predicted molar refractivity (Wildman–Crippen MR) is 88.3 cm³/mol. The second kappa shape index (κ2) is 7.50. The van der Waals surface area contributed by atoms with Gasteiger partial charge in [0, 0.05) is 18.8 Å². The molecule has 0 bridgehead atoms. The third-order valence-corrected chi connectivity index (χ3v) is 3.60. The molecule has 0 aliphatic carbocycles. The van der Waals surface area contributed by atoms with Crippen molar-refractivity contribution < 1.29 is 0 Å². The van der Waals surface area contributed by atoms with Crippen molar-refractivity contribution in [3.63, 3.8) is 0 Å². The molecular weight excluding hydrogens is 256 g/mol. The standard InChI is InChI=1S/C19H22N2/c1-3-4-12-21(19-7-5-6-16(2)13-19)15-18-10-8-17(14-20)9-11-18/h5-11,13H,3-4,12,15H2,1-2H3. The topological polar surface area (TPSA) is 27.0 Å². The van der Waals surface area contributed by atoms with Crippen LogP contribution in [0.1, 0.15) is 36.5 Å². The second-order valence-corrected chi connectivity index (χ2v) is 5.42. The number of nitrogens with zero attached hydrogens (tertiary/aromatic N) is 2. The minimum absolute atomic E-state index is 0.717. The van der Waals surface area contributed by atoms with Crippen LogP contribution in [0.4, 0.5) is 5.69 Å². The summed E-state index contributed by atoms with van der Waals surface area (Å²) < 4.78 is 0. The Bertz CT molecular complexity index is 608. The van der Waals surface area contributed by atoms with Gasteiger partial charge in [-0.25, -0.2) is 0 Å². The van der Waals surface area contributed by atoms with Crippen molar-refractivity contribution >= 4 is 5.69 Å². The molecule has 21 heavy (non-hydrogen) atoms. The van der Waals surface area contributed by atoms with E-state index >= 15 is 0 Å². The maximum Gasteiger partial charge on any atom is 0.0991 e. The molecule has 0 fully saturated rings. The van der Waals surface area contributed by atoms with E-state index in [9.17, 15) is 0 Å². The van der Waals surface area contributed by atoms with Crippen LogP contribution in [-0.4, -0.2) is 6.54 Å². The summed E-state index contributed by atoms with van der Waals surface area (Å²) in [4.78, 5) is 2.41. The summed E-state index contributed by atoms with van der Waals surface area (Å²) in [5, 5.41) is 8.87. The highest BCUT2D eigenvalue weighted by molar-refractivity contribution is 5.49. The molecule has 0 amide bonds. The van der Waals surface area contributed by atoms with Gasteiger partial charge in [0.25, 0.3) is 0 Å². The van der Waals surface area contributed by atoms with Gasteiger partial charge in [-0.05, 0) is 48.7 Å². The highest BCUT2D eigenvalue weighted by atomic mass is 15.1. The third-order valence-electron chi connectivity index (χ3n) is 3.60. The van der Waals surface area contributed by atoms with E-state index in [2.05, 4.69) is 49.1 Å². The first-order chi connectivity index (χ1) is 10.2. The Morgan fingerprint density at radius 1 is 1.10 bits per heavy atom. The van der Waals surface area contributed by atoms with Gasteiger partial charge in [-0.15, -0.1) is 0 Å². The van der Waals surface area contributed by atoms with E-state index in [0.717, 1.165) is 18.7 Å². The van der Waals surface area contributed by atoms with Crippen LogP contribution >= 0.6 is 0 Å². The average molecular weight is 278 g/mol. The first kappa shape index (κ1) is 15.1. The van der Waals surface area contributed by atoms with Gasteiger partial charge in [0.05, 0.1) is 11.6 Å². The normalized spacial score (nSPS) is 10.1. The number of hydrogen-bond acceptors (Lipinski definition) is 2. The zero-order valence-corrected chi connectivity index (χ0v) is 12.8. The first-order valence-corrected chi connectivity index (χ1v) is 7.53. The summed E-state index contributed by atoms with van der Waals surface area (Å²) >= 11 is 0. The Morgan fingerprint density at radius 3 is 2.48 bits per heavy atom. The highest BCUT2D eigenvalue weighted by Crippen LogP contribution is 2.19. The average Bonchev–Trinajstić information content (AvgIpc) is 2.52. The van der Waals surface area contributed by atoms with Crippen LogP contribution in [0.5, 0.6) is 0 Å². The van der Waals surface area contributed by atoms with E-state index < -0.39 is 0 Å². The predicted octanol–water partition coefficient (Wildman–Crippen LogP) is 4.67. The molecule has 0 heterocycles. The molecule has 0 aliphatic rings. The summed E-state index contributed by atoms with van der Waals surface area (Å²) in [7, 11) is 0. The summed E-state index contributed by atoms with van der Waals surface area (Å²) in [5.41, 5.74) is 4.52. The molecule has 2 aromatic carbocycles. The van der Waals surface area contributed by atoms with Crippen LogP contribution in [0.15, 0.2) is 48.5 Å². The monoisotopic (exact) mass is 278 g/mol. The highest BCUT2D eigenvalue weighted by Gasteiger charge is 2.07. The maximum atomic E-state index is 8.87. The van der Waals surface area contributed by atoms with Crippen LogP contribution < -0.4 is 4.90 Å². The number of unbranched alkanes of at least 4 members (excludes halogenated alkanes) is 1. The smallest absolute Gasteiger partial charge is 0.0991 e. The molecule has 2 rings (SSSR count). The summed E-state index contributed by atoms with van der Waals surface area (Å²) in [5.74, 6) is 0. The van der Waals surface area contributed by atoms with E-state index in [4.69, 9.17) is 5.26 Å². The minimum Gasteiger partial charge on any atom is -0.367 e. The Morgan fingerprint density at radius 2 is 1.86 bits per heavy atom. The van der Waals surface area contributed by atoms with Crippen molar-refractivity contribution in [1.29, 1.82) is 5.26 Å². The zero-order chi connectivity index (χ0) is 15.1. The molecular formula is C19H22N2. The number of nitriles is 1. The molecule has 108 valence electrons. The van der Waals surface area contributed by atoms with E-state index in [1.165, 1.54) is 29.7 Å². The molecule has 0 aromatic heterocycles. The van der Waals surface area contributed by atoms with Gasteiger partial charge >= 0.3 is 0 Å². The zero-order valence-electron chi connectivity index (χ0n) is 12.8. The molecule has 0 radical (unpaired) electrons. The molecule has 2 heteroatoms. The van der Waals surface area contributed by atoms with E-state index in [1.807, 2.05) is 24.3 Å². The number of anilines is 1. The van der Waals surface area contributed by atoms with Gasteiger partial charge in [0.1, 0.15) is 0 Å². The fourth-order valence-corrected chi connectivity index (χ4v) is 2.38. The fourth-order valence-electron chi connectivity index (χ4n) is 2.38. The van der Waals surface area contributed by atoms with Crippen LogP contribution in [0, 0.1) is 18.3 Å². The largest absolute Gasteiger partial charge is 0.367 e. The van der Waals surface area contributed by atoms with Crippen LogP contribution in [0.25, 0.3) is 0 Å². The SMILES string of the molecule is CCCCN(Cc1ccc(C#N)cc1)c1cccc(C)c1. The number of rotatable bonds is 6. The molecule has 0 unspecified atom stereocenters. The van der Waals surface area contributed by atoms with Gasteiger partial charge < -0.3 is 4.90 Å². The second-order valence-electron chi connectivity index (χ2n) is 5.42. The van der Waals surface area contributed by atoms with Crippen molar-refractivity contribution in [2.75, 3.05) is 11.4 Å². The van der Waals surface area contributed by atoms with Gasteiger partial charge in [-0.1, -0.05) is 37.6 Å². The summed E-state index contributed by atoms with van der Waals surface area (Å²) in [6.45, 7) is 6.29. The minimum atomic E-state index is 0.717. The summed E-state index contributed by atoms with van der Waals surface area (Å²) in [6, 6.07) is 18.7. The Balaban J connectivity index is 2.17. The van der Waals surface area contributed by atoms with E-state index in [0.29, 0.717) is 0 Å².